The van der Waals surface area contributed by atoms with E-state index < -0.39 is 41.8 Å². The van der Waals surface area contributed by atoms with Crippen molar-refractivity contribution in [2.24, 2.45) is 11.8 Å². The van der Waals surface area contributed by atoms with Crippen LogP contribution in [0.1, 0.15) is 25.8 Å². The highest BCUT2D eigenvalue weighted by Gasteiger charge is 2.65. The fraction of sp³-hybridized carbons (Fsp3) is 0.500. The van der Waals surface area contributed by atoms with Crippen molar-refractivity contribution >= 4 is 23.8 Å². The molecule has 0 N–H and O–H groups in total. The summed E-state index contributed by atoms with van der Waals surface area (Å²) in [4.78, 5) is 51.4. The number of nitrogens with zero attached hydrogens (tertiary/aromatic N) is 1. The molecule has 4 unspecified atom stereocenters. The second kappa shape index (κ2) is 8.41. The van der Waals surface area contributed by atoms with Crippen molar-refractivity contribution in [3.05, 3.63) is 35.9 Å². The van der Waals surface area contributed by atoms with Gasteiger partial charge in [-0.15, -0.1) is 0 Å². The molecule has 1 amide bonds. The smallest absolute Gasteiger partial charge is 0.330 e. The molecule has 0 aliphatic carbocycles. The quantitative estimate of drug-likeness (QED) is 0.391. The third-order valence-corrected chi connectivity index (χ3v) is 5.05. The first-order valence-electron chi connectivity index (χ1n) is 9.34. The molecular weight excluding hydrogens is 366 g/mol. The third kappa shape index (κ3) is 3.58. The number of ether oxygens (including phenoxy) is 3. The zero-order valence-electron chi connectivity index (χ0n) is 15.8. The first kappa shape index (κ1) is 19.9. The van der Waals surface area contributed by atoms with E-state index in [1.807, 2.05) is 18.2 Å². The molecule has 0 aromatic heterocycles. The lowest BCUT2D eigenvalue weighted by Crippen LogP contribution is -2.56. The minimum absolute atomic E-state index is 0.00247. The molecule has 150 valence electrons. The zero-order valence-corrected chi connectivity index (χ0v) is 15.8. The lowest BCUT2D eigenvalue weighted by Gasteiger charge is -2.38. The lowest BCUT2D eigenvalue weighted by molar-refractivity contribution is -0.166. The number of carbonyl (C=O) groups is 4. The van der Waals surface area contributed by atoms with Crippen LogP contribution in [0, 0.1) is 11.8 Å². The Balaban J connectivity index is 1.84. The van der Waals surface area contributed by atoms with Gasteiger partial charge in [0.05, 0.1) is 25.2 Å². The Labute approximate surface area is 162 Å². The molecule has 0 spiro atoms. The number of fused-ring (bicyclic) bond motifs is 1. The Morgan fingerprint density at radius 3 is 2.11 bits per heavy atom. The molecule has 2 saturated heterocycles. The number of rotatable bonds is 7. The monoisotopic (exact) mass is 389 g/mol. The molecule has 8 nitrogen and oxygen atoms in total. The van der Waals surface area contributed by atoms with Gasteiger partial charge in [-0.05, 0) is 19.4 Å². The Hall–Kier alpha value is -2.90. The number of benzene rings is 1. The van der Waals surface area contributed by atoms with Crippen molar-refractivity contribution in [3.8, 4) is 0 Å². The standard InChI is InChI=1S/C20H23NO7/c1-3-26-18(23)15-13-10-14(22)21(13)17(16(15)19(24)27-4-2)20(25)28-11-12-8-6-5-7-9-12/h5-9,13,15-17H,3-4,10-11H2,1-2H3. The summed E-state index contributed by atoms with van der Waals surface area (Å²) in [6.07, 6.45) is 0.0852. The van der Waals surface area contributed by atoms with E-state index in [9.17, 15) is 19.2 Å². The highest BCUT2D eigenvalue weighted by Crippen LogP contribution is 2.45. The van der Waals surface area contributed by atoms with Gasteiger partial charge in [0.2, 0.25) is 5.91 Å². The Kier molecular flexibility index (Phi) is 5.96. The molecule has 0 radical (unpaired) electrons. The summed E-state index contributed by atoms with van der Waals surface area (Å²) in [5.41, 5.74) is 0.773. The summed E-state index contributed by atoms with van der Waals surface area (Å²) >= 11 is 0. The molecule has 2 heterocycles. The molecule has 0 bridgehead atoms. The van der Waals surface area contributed by atoms with Gasteiger partial charge in [-0.25, -0.2) is 4.79 Å². The van der Waals surface area contributed by atoms with E-state index in [0.29, 0.717) is 0 Å². The fourth-order valence-electron chi connectivity index (χ4n) is 3.86. The molecule has 28 heavy (non-hydrogen) atoms. The Morgan fingerprint density at radius 2 is 1.54 bits per heavy atom. The number of hydrogen-bond donors (Lipinski definition) is 0. The van der Waals surface area contributed by atoms with Crippen LogP contribution in [0.5, 0.6) is 0 Å². The average Bonchev–Trinajstić information content (AvgIpc) is 2.96. The Morgan fingerprint density at radius 1 is 0.929 bits per heavy atom. The van der Waals surface area contributed by atoms with Crippen LogP contribution in [0.25, 0.3) is 0 Å². The van der Waals surface area contributed by atoms with Gasteiger partial charge in [-0.3, -0.25) is 14.4 Å². The second-order valence-corrected chi connectivity index (χ2v) is 6.67. The zero-order chi connectivity index (χ0) is 20.3. The molecule has 4 atom stereocenters. The highest BCUT2D eigenvalue weighted by atomic mass is 16.5. The van der Waals surface area contributed by atoms with Gasteiger partial charge in [0.15, 0.2) is 0 Å². The van der Waals surface area contributed by atoms with Gasteiger partial charge < -0.3 is 19.1 Å². The van der Waals surface area contributed by atoms with Crippen molar-refractivity contribution in [1.82, 2.24) is 4.90 Å². The first-order valence-corrected chi connectivity index (χ1v) is 9.34. The number of hydrogen-bond acceptors (Lipinski definition) is 7. The molecule has 1 aromatic carbocycles. The van der Waals surface area contributed by atoms with Gasteiger partial charge >= 0.3 is 17.9 Å². The maximum atomic E-state index is 12.8. The molecule has 0 saturated carbocycles. The minimum Gasteiger partial charge on any atom is -0.466 e. The van der Waals surface area contributed by atoms with E-state index in [4.69, 9.17) is 14.2 Å². The van der Waals surface area contributed by atoms with E-state index in [-0.39, 0.29) is 32.1 Å². The van der Waals surface area contributed by atoms with Crippen LogP contribution in [-0.4, -0.2) is 54.0 Å². The van der Waals surface area contributed by atoms with Crippen LogP contribution >= 0.6 is 0 Å². The summed E-state index contributed by atoms with van der Waals surface area (Å²) < 4.78 is 15.6. The van der Waals surface area contributed by atoms with Crippen LogP contribution in [0.3, 0.4) is 0 Å². The molecule has 2 fully saturated rings. The van der Waals surface area contributed by atoms with E-state index in [1.165, 1.54) is 4.90 Å². The summed E-state index contributed by atoms with van der Waals surface area (Å²) in [7, 11) is 0. The largest absolute Gasteiger partial charge is 0.466 e. The maximum absolute atomic E-state index is 12.8. The van der Waals surface area contributed by atoms with Crippen LogP contribution in [-0.2, 0) is 40.0 Å². The summed E-state index contributed by atoms with van der Waals surface area (Å²) in [6, 6.07) is 7.30. The Bertz CT molecular complexity index is 763. The third-order valence-electron chi connectivity index (χ3n) is 5.05. The van der Waals surface area contributed by atoms with E-state index in [0.717, 1.165) is 5.56 Å². The van der Waals surface area contributed by atoms with E-state index in [2.05, 4.69) is 0 Å². The predicted octanol–water partition coefficient (Wildman–Crippen LogP) is 1.07. The van der Waals surface area contributed by atoms with Gasteiger partial charge in [-0.2, -0.15) is 0 Å². The van der Waals surface area contributed by atoms with E-state index >= 15 is 0 Å². The maximum Gasteiger partial charge on any atom is 0.330 e. The van der Waals surface area contributed by atoms with Crippen LogP contribution in [0.15, 0.2) is 30.3 Å². The number of β-lactam (4-membered cyclic amide) rings is 1. The molecule has 2 aliphatic rings. The van der Waals surface area contributed by atoms with Gasteiger partial charge in [0.1, 0.15) is 18.6 Å². The predicted molar refractivity (Wildman–Crippen MR) is 95.5 cm³/mol. The van der Waals surface area contributed by atoms with Gasteiger partial charge in [-0.1, -0.05) is 30.3 Å². The summed E-state index contributed by atoms with van der Waals surface area (Å²) in [6.45, 7) is 3.52. The normalized spacial score (nSPS) is 25.5. The van der Waals surface area contributed by atoms with Crippen molar-refractivity contribution < 1.29 is 33.4 Å². The molecular formula is C20H23NO7. The van der Waals surface area contributed by atoms with Crippen molar-refractivity contribution in [1.29, 1.82) is 0 Å². The van der Waals surface area contributed by atoms with Gasteiger partial charge in [0, 0.05) is 6.42 Å². The molecule has 3 rings (SSSR count). The number of carbonyl (C=O) groups excluding carboxylic acids is 4. The van der Waals surface area contributed by atoms with Crippen molar-refractivity contribution in [3.63, 3.8) is 0 Å². The average molecular weight is 389 g/mol. The lowest BCUT2D eigenvalue weighted by atomic mass is 9.85. The highest BCUT2D eigenvalue weighted by molar-refractivity contribution is 5.98. The van der Waals surface area contributed by atoms with Crippen molar-refractivity contribution in [2.75, 3.05) is 13.2 Å². The summed E-state index contributed by atoms with van der Waals surface area (Å²) in [5, 5.41) is 0. The van der Waals surface area contributed by atoms with E-state index in [1.54, 1.807) is 26.0 Å². The minimum atomic E-state index is -1.19. The number of esters is 3. The van der Waals surface area contributed by atoms with Crippen LogP contribution < -0.4 is 0 Å². The first-order chi connectivity index (χ1) is 13.5. The van der Waals surface area contributed by atoms with Crippen LogP contribution in [0.4, 0.5) is 0 Å². The fourth-order valence-corrected chi connectivity index (χ4v) is 3.86. The molecule has 1 aromatic rings. The molecule has 2 aliphatic heterocycles. The molecule has 8 heteroatoms. The van der Waals surface area contributed by atoms with Crippen molar-refractivity contribution in [2.45, 2.75) is 39.0 Å². The summed E-state index contributed by atoms with van der Waals surface area (Å²) in [5.74, 6) is -4.42. The SMILES string of the molecule is CCOC(=O)C1C(C(=O)OCC)C(C(=O)OCc2ccccc2)N2C(=O)CC12. The topological polar surface area (TPSA) is 99.2 Å². The number of amides is 1. The van der Waals surface area contributed by atoms with Crippen LogP contribution in [0.2, 0.25) is 0 Å². The van der Waals surface area contributed by atoms with Gasteiger partial charge in [0.25, 0.3) is 0 Å². The second-order valence-electron chi connectivity index (χ2n) is 6.67.